The van der Waals surface area contributed by atoms with Crippen molar-refractivity contribution in [3.8, 4) is 0 Å². The Morgan fingerprint density at radius 3 is 2.50 bits per heavy atom. The number of hydrogen-bond donors (Lipinski definition) is 1. The molecule has 0 unspecified atom stereocenters. The summed E-state index contributed by atoms with van der Waals surface area (Å²) in [4.78, 5) is 13.4. The van der Waals surface area contributed by atoms with Crippen LogP contribution in [0.3, 0.4) is 0 Å². The van der Waals surface area contributed by atoms with Gasteiger partial charge >= 0.3 is 6.09 Å². The van der Waals surface area contributed by atoms with Crippen molar-refractivity contribution in [3.63, 3.8) is 0 Å². The number of aryl methyl sites for hydroxylation is 2. The molecular formula is C15H24ClN3O3. The summed E-state index contributed by atoms with van der Waals surface area (Å²) >= 11 is 6.30. The molecular weight excluding hydrogens is 306 g/mol. The Balaban J connectivity index is 1.99. The second kappa shape index (κ2) is 5.74. The van der Waals surface area contributed by atoms with Gasteiger partial charge in [0.1, 0.15) is 11.2 Å². The van der Waals surface area contributed by atoms with Crippen molar-refractivity contribution in [2.45, 2.75) is 51.7 Å². The maximum Gasteiger partial charge on any atom is 0.410 e. The maximum absolute atomic E-state index is 11.9. The first-order valence-corrected chi connectivity index (χ1v) is 7.83. The lowest BCUT2D eigenvalue weighted by molar-refractivity contribution is -0.0981. The SMILES string of the molecule is CCc1nn(C)c(CC2(O)CN(C(=O)OC(C)(C)C)C2)c1Cl. The second-order valence-corrected chi connectivity index (χ2v) is 7.30. The van der Waals surface area contributed by atoms with Gasteiger partial charge in [-0.2, -0.15) is 5.10 Å². The monoisotopic (exact) mass is 329 g/mol. The fourth-order valence-corrected chi connectivity index (χ4v) is 2.92. The minimum absolute atomic E-state index is 0.241. The Hall–Kier alpha value is -1.27. The van der Waals surface area contributed by atoms with Gasteiger partial charge in [-0.15, -0.1) is 0 Å². The fourth-order valence-electron chi connectivity index (χ4n) is 2.56. The summed E-state index contributed by atoms with van der Waals surface area (Å²) in [6.07, 6.45) is 0.714. The molecule has 7 heteroatoms. The Morgan fingerprint density at radius 2 is 2.05 bits per heavy atom. The van der Waals surface area contributed by atoms with Crippen LogP contribution in [0, 0.1) is 0 Å². The first-order valence-electron chi connectivity index (χ1n) is 7.45. The van der Waals surface area contributed by atoms with Gasteiger partial charge in [0.15, 0.2) is 0 Å². The molecule has 1 N–H and O–H groups in total. The predicted octanol–water partition coefficient (Wildman–Crippen LogP) is 2.16. The molecule has 1 aliphatic heterocycles. The van der Waals surface area contributed by atoms with Crippen molar-refractivity contribution in [2.24, 2.45) is 7.05 Å². The summed E-state index contributed by atoms with van der Waals surface area (Å²) in [5, 5.41) is 15.5. The number of aliphatic hydroxyl groups is 1. The number of amides is 1. The third-order valence-corrected chi connectivity index (χ3v) is 4.06. The van der Waals surface area contributed by atoms with Crippen LogP contribution in [-0.2, 0) is 24.6 Å². The van der Waals surface area contributed by atoms with E-state index in [1.54, 1.807) is 4.68 Å². The van der Waals surface area contributed by atoms with E-state index in [1.165, 1.54) is 4.90 Å². The molecule has 0 aliphatic carbocycles. The minimum Gasteiger partial charge on any atom is -0.444 e. The molecule has 2 heterocycles. The highest BCUT2D eigenvalue weighted by Crippen LogP contribution is 2.30. The lowest BCUT2D eigenvalue weighted by Gasteiger charge is -2.46. The van der Waals surface area contributed by atoms with E-state index in [1.807, 2.05) is 34.7 Å². The Bertz CT molecular complexity index is 571. The van der Waals surface area contributed by atoms with Crippen molar-refractivity contribution in [2.75, 3.05) is 13.1 Å². The van der Waals surface area contributed by atoms with Crippen LogP contribution in [-0.4, -0.2) is 50.2 Å². The third-order valence-electron chi connectivity index (χ3n) is 3.62. The van der Waals surface area contributed by atoms with Gasteiger partial charge < -0.3 is 14.7 Å². The zero-order valence-corrected chi connectivity index (χ0v) is 14.6. The summed E-state index contributed by atoms with van der Waals surface area (Å²) in [6, 6.07) is 0. The molecule has 0 radical (unpaired) electrons. The molecule has 22 heavy (non-hydrogen) atoms. The fraction of sp³-hybridized carbons (Fsp3) is 0.733. The number of ether oxygens (including phenoxy) is 1. The quantitative estimate of drug-likeness (QED) is 0.922. The van der Waals surface area contributed by atoms with Crippen LogP contribution < -0.4 is 0 Å². The normalized spacial score (nSPS) is 17.3. The summed E-state index contributed by atoms with van der Waals surface area (Å²) < 4.78 is 6.99. The molecule has 0 atom stereocenters. The van der Waals surface area contributed by atoms with Gasteiger partial charge in [0.2, 0.25) is 0 Å². The highest BCUT2D eigenvalue weighted by Gasteiger charge is 2.46. The predicted molar refractivity (Wildman–Crippen MR) is 84.1 cm³/mol. The van der Waals surface area contributed by atoms with Crippen molar-refractivity contribution in [1.82, 2.24) is 14.7 Å². The molecule has 1 aromatic heterocycles. The zero-order valence-electron chi connectivity index (χ0n) is 13.8. The number of likely N-dealkylation sites (tertiary alicyclic amines) is 1. The van der Waals surface area contributed by atoms with Crippen molar-refractivity contribution < 1.29 is 14.6 Å². The molecule has 0 aromatic carbocycles. The van der Waals surface area contributed by atoms with Crippen LogP contribution in [0.4, 0.5) is 4.79 Å². The molecule has 0 spiro atoms. The van der Waals surface area contributed by atoms with Gasteiger partial charge in [-0.05, 0) is 27.2 Å². The van der Waals surface area contributed by atoms with Crippen LogP contribution in [0.25, 0.3) is 0 Å². The summed E-state index contributed by atoms with van der Waals surface area (Å²) in [7, 11) is 1.81. The first kappa shape index (κ1) is 17.1. The van der Waals surface area contributed by atoms with Crippen LogP contribution in [0.15, 0.2) is 0 Å². The molecule has 2 rings (SSSR count). The Morgan fingerprint density at radius 1 is 1.45 bits per heavy atom. The molecule has 0 saturated carbocycles. The molecule has 1 amide bonds. The molecule has 6 nitrogen and oxygen atoms in total. The number of hydrogen-bond acceptors (Lipinski definition) is 4. The van der Waals surface area contributed by atoms with E-state index in [0.29, 0.717) is 11.4 Å². The number of halogens is 1. The third kappa shape index (κ3) is 3.55. The lowest BCUT2D eigenvalue weighted by atomic mass is 9.89. The van der Waals surface area contributed by atoms with E-state index >= 15 is 0 Å². The van der Waals surface area contributed by atoms with E-state index in [4.69, 9.17) is 16.3 Å². The number of carbonyl (C=O) groups is 1. The summed E-state index contributed by atoms with van der Waals surface area (Å²) in [5.41, 5.74) is 0.113. The van der Waals surface area contributed by atoms with Gasteiger partial charge in [-0.1, -0.05) is 18.5 Å². The molecule has 1 aromatic rings. The van der Waals surface area contributed by atoms with E-state index < -0.39 is 17.3 Å². The molecule has 0 bridgehead atoms. The highest BCUT2D eigenvalue weighted by atomic mass is 35.5. The minimum atomic E-state index is -0.973. The van der Waals surface area contributed by atoms with Gasteiger partial charge in [0.25, 0.3) is 0 Å². The summed E-state index contributed by atoms with van der Waals surface area (Å²) in [5.74, 6) is 0. The number of aromatic nitrogens is 2. The van der Waals surface area contributed by atoms with Crippen LogP contribution in [0.2, 0.25) is 5.02 Å². The van der Waals surface area contributed by atoms with Crippen LogP contribution in [0.5, 0.6) is 0 Å². The van der Waals surface area contributed by atoms with Crippen molar-refractivity contribution in [1.29, 1.82) is 0 Å². The average Bonchev–Trinajstić information content (AvgIpc) is 2.60. The largest absolute Gasteiger partial charge is 0.444 e. The Labute approximate surface area is 136 Å². The zero-order chi connectivity index (χ0) is 16.7. The number of nitrogens with zero attached hydrogens (tertiary/aromatic N) is 3. The lowest BCUT2D eigenvalue weighted by Crippen LogP contribution is -2.65. The standard InChI is InChI=1S/C15H24ClN3O3/c1-6-10-12(16)11(18(5)17-10)7-15(21)8-19(9-15)13(20)22-14(2,3)4/h21H,6-9H2,1-5H3. The van der Waals surface area contributed by atoms with E-state index in [2.05, 4.69) is 5.10 Å². The van der Waals surface area contributed by atoms with Crippen molar-refractivity contribution >= 4 is 17.7 Å². The number of β-amino-alcohol motifs (C(OH)–C–C–N with tert-alkyl or cyclic N) is 1. The first-order chi connectivity index (χ1) is 10.0. The molecule has 1 aliphatic rings. The Kier molecular flexibility index (Phi) is 4.46. The highest BCUT2D eigenvalue weighted by molar-refractivity contribution is 6.31. The number of rotatable bonds is 3. The van der Waals surface area contributed by atoms with Gasteiger partial charge in [-0.3, -0.25) is 4.68 Å². The van der Waals surface area contributed by atoms with E-state index in [0.717, 1.165) is 17.8 Å². The summed E-state index contributed by atoms with van der Waals surface area (Å²) in [6.45, 7) is 7.92. The van der Waals surface area contributed by atoms with Gasteiger partial charge in [-0.25, -0.2) is 4.79 Å². The maximum atomic E-state index is 11.9. The second-order valence-electron chi connectivity index (χ2n) is 6.92. The molecule has 1 fully saturated rings. The van der Waals surface area contributed by atoms with Crippen LogP contribution >= 0.6 is 11.6 Å². The van der Waals surface area contributed by atoms with Gasteiger partial charge in [0.05, 0.1) is 29.5 Å². The van der Waals surface area contributed by atoms with E-state index in [9.17, 15) is 9.90 Å². The smallest absolute Gasteiger partial charge is 0.410 e. The van der Waals surface area contributed by atoms with E-state index in [-0.39, 0.29) is 13.1 Å². The van der Waals surface area contributed by atoms with Crippen LogP contribution in [0.1, 0.15) is 39.1 Å². The average molecular weight is 330 g/mol. The van der Waals surface area contributed by atoms with Crippen molar-refractivity contribution in [3.05, 3.63) is 16.4 Å². The molecule has 124 valence electrons. The van der Waals surface area contributed by atoms with Gasteiger partial charge in [0, 0.05) is 13.5 Å². The topological polar surface area (TPSA) is 67.6 Å². The molecule has 1 saturated heterocycles. The number of carbonyl (C=O) groups excluding carboxylic acids is 1.